The molecule has 3 rings (SSSR count). The molecule has 4 heteroatoms. The number of carbonyl (C=O) groups is 1. The molecule has 1 amide bonds. The van der Waals surface area contributed by atoms with Gasteiger partial charge in [0.1, 0.15) is 0 Å². The minimum Gasteiger partial charge on any atom is -0.343 e. The molecule has 28 heavy (non-hydrogen) atoms. The maximum absolute atomic E-state index is 13.2. The number of carbonyl (C=O) groups excluding carboxylic acids is 1. The number of halogens is 1. The molecule has 1 aliphatic rings. The highest BCUT2D eigenvalue weighted by molar-refractivity contribution is 6.31. The molecule has 1 heterocycles. The molecule has 0 saturated carbocycles. The monoisotopic (exact) mass is 396 g/mol. The lowest BCUT2D eigenvalue weighted by Crippen LogP contribution is -2.57. The average Bonchev–Trinajstić information content (AvgIpc) is 2.70. The van der Waals surface area contributed by atoms with Crippen LogP contribution in [0.25, 0.3) is 0 Å². The number of amides is 1. The van der Waals surface area contributed by atoms with Crippen LogP contribution in [0.5, 0.6) is 0 Å². The van der Waals surface area contributed by atoms with E-state index in [9.17, 15) is 4.79 Å². The minimum atomic E-state index is -0.185. The van der Waals surface area contributed by atoms with Crippen LogP contribution in [-0.2, 0) is 0 Å². The molecule has 1 fully saturated rings. The molecule has 148 valence electrons. The quantitative estimate of drug-likeness (QED) is 0.649. The van der Waals surface area contributed by atoms with E-state index in [0.29, 0.717) is 10.6 Å². The highest BCUT2D eigenvalue weighted by atomic mass is 35.5. The number of benzene rings is 2. The number of nitrogens with one attached hydrogen (secondary N) is 1. The van der Waals surface area contributed by atoms with Gasteiger partial charge in [0.05, 0.1) is 6.04 Å². The van der Waals surface area contributed by atoms with Gasteiger partial charge in [-0.3, -0.25) is 9.69 Å². The zero-order chi connectivity index (χ0) is 20.1. The van der Waals surface area contributed by atoms with Crippen LogP contribution in [0.15, 0.2) is 61.2 Å². The topological polar surface area (TPSA) is 32.3 Å². The van der Waals surface area contributed by atoms with Gasteiger partial charge in [0, 0.05) is 22.7 Å². The van der Waals surface area contributed by atoms with Gasteiger partial charge < -0.3 is 5.32 Å². The Morgan fingerprint density at radius 3 is 2.71 bits per heavy atom. The fourth-order valence-corrected chi connectivity index (χ4v) is 4.46. The van der Waals surface area contributed by atoms with E-state index in [4.69, 9.17) is 11.6 Å². The van der Waals surface area contributed by atoms with Gasteiger partial charge in [0.15, 0.2) is 0 Å². The Morgan fingerprint density at radius 1 is 1.25 bits per heavy atom. The smallest absolute Gasteiger partial charge is 0.252 e. The molecular formula is C24H29ClN2O. The minimum absolute atomic E-state index is 0.0841. The van der Waals surface area contributed by atoms with Crippen molar-refractivity contribution in [2.75, 3.05) is 13.1 Å². The van der Waals surface area contributed by atoms with Crippen molar-refractivity contribution in [1.29, 1.82) is 0 Å². The second-order valence-electron chi connectivity index (χ2n) is 7.78. The predicted octanol–water partition coefficient (Wildman–Crippen LogP) is 5.55. The van der Waals surface area contributed by atoms with Gasteiger partial charge in [-0.1, -0.05) is 60.5 Å². The maximum Gasteiger partial charge on any atom is 0.252 e. The van der Waals surface area contributed by atoms with Crippen LogP contribution in [0.1, 0.15) is 53.7 Å². The molecule has 2 aromatic carbocycles. The maximum atomic E-state index is 13.2. The highest BCUT2D eigenvalue weighted by Gasteiger charge is 2.42. The van der Waals surface area contributed by atoms with Gasteiger partial charge in [0.2, 0.25) is 0 Å². The van der Waals surface area contributed by atoms with Crippen LogP contribution in [-0.4, -0.2) is 29.4 Å². The Bertz CT molecular complexity index is 836. The van der Waals surface area contributed by atoms with E-state index >= 15 is 0 Å². The molecule has 3 nitrogen and oxygen atoms in total. The van der Waals surface area contributed by atoms with Crippen molar-refractivity contribution in [2.45, 2.75) is 44.7 Å². The largest absolute Gasteiger partial charge is 0.343 e. The van der Waals surface area contributed by atoms with E-state index in [0.717, 1.165) is 37.1 Å². The van der Waals surface area contributed by atoms with Gasteiger partial charge in [0.25, 0.3) is 5.91 Å². The van der Waals surface area contributed by atoms with Gasteiger partial charge >= 0.3 is 0 Å². The molecule has 1 N–H and O–H groups in total. The molecule has 1 aliphatic heterocycles. The van der Waals surface area contributed by atoms with Crippen molar-refractivity contribution in [3.05, 3.63) is 82.9 Å². The summed E-state index contributed by atoms with van der Waals surface area (Å²) in [4.78, 5) is 15.7. The highest BCUT2D eigenvalue weighted by Crippen LogP contribution is 2.39. The van der Waals surface area contributed by atoms with Gasteiger partial charge in [-0.05, 0) is 56.5 Å². The van der Waals surface area contributed by atoms with Crippen molar-refractivity contribution in [3.8, 4) is 0 Å². The van der Waals surface area contributed by atoms with E-state index in [1.807, 2.05) is 49.4 Å². The number of piperidine rings is 1. The van der Waals surface area contributed by atoms with Crippen LogP contribution in [0.4, 0.5) is 0 Å². The normalized spacial score (nSPS) is 21.1. The first kappa shape index (κ1) is 20.6. The predicted molar refractivity (Wildman–Crippen MR) is 117 cm³/mol. The van der Waals surface area contributed by atoms with Gasteiger partial charge in [-0.15, -0.1) is 6.58 Å². The van der Waals surface area contributed by atoms with Crippen LogP contribution in [0, 0.1) is 6.92 Å². The van der Waals surface area contributed by atoms with Crippen molar-refractivity contribution < 1.29 is 4.79 Å². The molecule has 0 bridgehead atoms. The Hall–Kier alpha value is -2.10. The summed E-state index contributed by atoms with van der Waals surface area (Å²) in [6.07, 6.45) is 5.30. The lowest BCUT2D eigenvalue weighted by molar-refractivity contribution is 0.0353. The lowest BCUT2D eigenvalue weighted by atomic mass is 9.78. The second-order valence-corrected chi connectivity index (χ2v) is 8.19. The van der Waals surface area contributed by atoms with Gasteiger partial charge in [-0.25, -0.2) is 0 Å². The number of likely N-dealkylation sites (tertiary alicyclic amines) is 1. The summed E-state index contributed by atoms with van der Waals surface area (Å²) in [6.45, 7) is 9.91. The molecule has 0 spiro atoms. The first-order valence-electron chi connectivity index (χ1n) is 9.94. The summed E-state index contributed by atoms with van der Waals surface area (Å²) in [5, 5.41) is 3.95. The fourth-order valence-electron chi connectivity index (χ4n) is 4.29. The van der Waals surface area contributed by atoms with Crippen molar-refractivity contribution in [1.82, 2.24) is 10.2 Å². The van der Waals surface area contributed by atoms with Crippen LogP contribution in [0.2, 0.25) is 5.02 Å². The third kappa shape index (κ3) is 4.16. The van der Waals surface area contributed by atoms with Crippen LogP contribution >= 0.6 is 11.6 Å². The Balaban J connectivity index is 1.99. The van der Waals surface area contributed by atoms with Gasteiger partial charge in [-0.2, -0.15) is 0 Å². The van der Waals surface area contributed by atoms with E-state index in [-0.39, 0.29) is 17.5 Å². The summed E-state index contributed by atoms with van der Waals surface area (Å²) < 4.78 is 0. The molecule has 0 aliphatic carbocycles. The second kappa shape index (κ2) is 8.93. The lowest BCUT2D eigenvalue weighted by Gasteiger charge is -2.49. The number of nitrogens with zero attached hydrogens (tertiary/aromatic N) is 1. The molecule has 1 saturated heterocycles. The zero-order valence-electron chi connectivity index (χ0n) is 16.7. The third-order valence-corrected chi connectivity index (χ3v) is 6.38. The first-order valence-corrected chi connectivity index (χ1v) is 10.3. The number of hydrogen-bond acceptors (Lipinski definition) is 2. The summed E-state index contributed by atoms with van der Waals surface area (Å²) >= 11 is 6.25. The summed E-state index contributed by atoms with van der Waals surface area (Å²) in [5.41, 5.74) is 2.37. The fraction of sp³-hybridized carbons (Fsp3) is 0.375. The molecule has 2 unspecified atom stereocenters. The van der Waals surface area contributed by atoms with Crippen molar-refractivity contribution >= 4 is 17.5 Å². The zero-order valence-corrected chi connectivity index (χ0v) is 17.5. The van der Waals surface area contributed by atoms with E-state index < -0.39 is 0 Å². The summed E-state index contributed by atoms with van der Waals surface area (Å²) in [5.74, 6) is -0.0841. The van der Waals surface area contributed by atoms with E-state index in [1.165, 1.54) is 6.42 Å². The van der Waals surface area contributed by atoms with Crippen molar-refractivity contribution in [3.63, 3.8) is 0 Å². The molecule has 2 atom stereocenters. The SMILES string of the molecule is C=CCN1CCCCC1(C)C(NC(=O)c1cccc(Cl)c1C)c1ccccc1. The number of rotatable bonds is 6. The number of hydrogen-bond donors (Lipinski definition) is 1. The standard InChI is InChI=1S/C24H29ClN2O/c1-4-16-27-17-9-8-15-24(27,3)22(19-11-6-5-7-12-19)26-23(28)20-13-10-14-21(25)18(20)2/h4-7,10-14,22H,1,8-9,15-17H2,2-3H3,(H,26,28). The van der Waals surface area contributed by atoms with E-state index in [1.54, 1.807) is 0 Å². The van der Waals surface area contributed by atoms with E-state index in [2.05, 4.69) is 35.9 Å². The molecule has 0 radical (unpaired) electrons. The van der Waals surface area contributed by atoms with Crippen LogP contribution in [0.3, 0.4) is 0 Å². The molecule has 0 aromatic heterocycles. The Morgan fingerprint density at radius 2 is 2.00 bits per heavy atom. The van der Waals surface area contributed by atoms with Crippen molar-refractivity contribution in [2.24, 2.45) is 0 Å². The third-order valence-electron chi connectivity index (χ3n) is 5.98. The summed E-state index contributed by atoms with van der Waals surface area (Å²) in [7, 11) is 0. The first-order chi connectivity index (χ1) is 13.5. The Labute approximate surface area is 173 Å². The summed E-state index contributed by atoms with van der Waals surface area (Å²) in [6, 6.07) is 15.6. The molecular weight excluding hydrogens is 368 g/mol. The van der Waals surface area contributed by atoms with Crippen LogP contribution < -0.4 is 5.32 Å². The molecule has 2 aromatic rings. The Kier molecular flexibility index (Phi) is 6.58. The average molecular weight is 397 g/mol.